The Morgan fingerprint density at radius 2 is 2.10 bits per heavy atom. The van der Waals surface area contributed by atoms with Crippen molar-refractivity contribution in [2.75, 3.05) is 19.6 Å². The predicted octanol–water partition coefficient (Wildman–Crippen LogP) is 0.234. The molecular formula is C7H17N3. The van der Waals surface area contributed by atoms with Crippen LogP contribution in [0.5, 0.6) is 0 Å². The monoisotopic (exact) mass is 143 g/mol. The van der Waals surface area contributed by atoms with Crippen LogP contribution in [0.2, 0.25) is 0 Å². The topological polar surface area (TPSA) is 32.5 Å². The molecule has 1 saturated heterocycles. The summed E-state index contributed by atoms with van der Waals surface area (Å²) in [7, 11) is 0. The maximum absolute atomic E-state index is 5.84. The van der Waals surface area contributed by atoms with Crippen molar-refractivity contribution in [2.24, 2.45) is 5.73 Å². The largest absolute Gasteiger partial charge is 0.315 e. The van der Waals surface area contributed by atoms with Gasteiger partial charge in [-0.05, 0) is 6.42 Å². The molecule has 0 bridgehead atoms. The molecule has 0 aromatic carbocycles. The third-order valence-corrected chi connectivity index (χ3v) is 2.12. The molecule has 3 nitrogen and oxygen atoms in total. The number of nitrogens with two attached hydrogens (primary N) is 1. The summed E-state index contributed by atoms with van der Waals surface area (Å²) in [4.78, 5) is 0. The molecule has 1 fully saturated rings. The maximum Gasteiger partial charge on any atom is 0.0722 e. The Morgan fingerprint density at radius 1 is 1.40 bits per heavy atom. The fourth-order valence-electron chi connectivity index (χ4n) is 1.54. The van der Waals surface area contributed by atoms with E-state index in [-0.39, 0.29) is 6.17 Å². The van der Waals surface area contributed by atoms with E-state index in [1.165, 1.54) is 0 Å². The molecule has 60 valence electrons. The lowest BCUT2D eigenvalue weighted by Gasteiger charge is -2.27. The fourth-order valence-corrected chi connectivity index (χ4v) is 1.54. The number of rotatable bonds is 2. The molecule has 1 rings (SSSR count). The van der Waals surface area contributed by atoms with E-state index in [2.05, 4.69) is 23.9 Å². The summed E-state index contributed by atoms with van der Waals surface area (Å²) in [5.41, 5.74) is 5.84. The Kier molecular flexibility index (Phi) is 2.65. The van der Waals surface area contributed by atoms with Gasteiger partial charge in [0.25, 0.3) is 0 Å². The molecular weight excluding hydrogens is 126 g/mol. The Labute approximate surface area is 62.8 Å². The van der Waals surface area contributed by atoms with E-state index in [1.807, 2.05) is 0 Å². The van der Waals surface area contributed by atoms with Gasteiger partial charge in [0, 0.05) is 19.6 Å². The molecule has 0 aliphatic carbocycles. The molecule has 0 amide bonds. The average Bonchev–Trinajstić information content (AvgIpc) is 2.30. The molecule has 1 aliphatic rings. The second-order valence-corrected chi connectivity index (χ2v) is 2.66. The summed E-state index contributed by atoms with van der Waals surface area (Å²) in [5, 5.41) is 4.55. The Bertz CT molecular complexity index is 105. The van der Waals surface area contributed by atoms with Gasteiger partial charge in [-0.25, -0.2) is 10.0 Å². The molecule has 1 atom stereocenters. The van der Waals surface area contributed by atoms with E-state index in [9.17, 15) is 0 Å². The van der Waals surface area contributed by atoms with Crippen LogP contribution in [0.15, 0.2) is 0 Å². The first-order chi connectivity index (χ1) is 4.79. The fraction of sp³-hybridized carbons (Fsp3) is 1.00. The molecule has 1 aliphatic heterocycles. The van der Waals surface area contributed by atoms with Crippen LogP contribution in [0.1, 0.15) is 20.3 Å². The van der Waals surface area contributed by atoms with Gasteiger partial charge in [-0.3, -0.25) is 0 Å². The van der Waals surface area contributed by atoms with E-state index in [1.54, 1.807) is 0 Å². The van der Waals surface area contributed by atoms with Gasteiger partial charge < -0.3 is 5.73 Å². The SMILES string of the molecule is CCN1CCC(N)N1CC. The average molecular weight is 143 g/mol. The quantitative estimate of drug-likeness (QED) is 0.601. The number of hydrogen-bond donors (Lipinski definition) is 1. The minimum Gasteiger partial charge on any atom is -0.315 e. The van der Waals surface area contributed by atoms with Gasteiger partial charge in [0.2, 0.25) is 0 Å². The minimum atomic E-state index is 0.268. The zero-order valence-electron chi connectivity index (χ0n) is 6.88. The van der Waals surface area contributed by atoms with E-state index < -0.39 is 0 Å². The highest BCUT2D eigenvalue weighted by Gasteiger charge is 2.25. The second kappa shape index (κ2) is 3.32. The zero-order chi connectivity index (χ0) is 7.56. The molecule has 1 unspecified atom stereocenters. The Balaban J connectivity index is 2.45. The van der Waals surface area contributed by atoms with Gasteiger partial charge in [-0.15, -0.1) is 0 Å². The third-order valence-electron chi connectivity index (χ3n) is 2.12. The summed E-state index contributed by atoms with van der Waals surface area (Å²) in [6, 6.07) is 0. The van der Waals surface area contributed by atoms with Crippen molar-refractivity contribution in [2.45, 2.75) is 26.4 Å². The highest BCUT2D eigenvalue weighted by molar-refractivity contribution is 4.71. The molecule has 0 radical (unpaired) electrons. The lowest BCUT2D eigenvalue weighted by atomic mass is 10.4. The smallest absolute Gasteiger partial charge is 0.0722 e. The van der Waals surface area contributed by atoms with Crippen LogP contribution in [0, 0.1) is 0 Å². The Hall–Kier alpha value is -0.120. The van der Waals surface area contributed by atoms with Crippen LogP contribution in [-0.2, 0) is 0 Å². The standard InChI is InChI=1S/C7H17N3/c1-3-9-6-5-7(8)10(9)4-2/h7H,3-6,8H2,1-2H3. The molecule has 0 aromatic rings. The van der Waals surface area contributed by atoms with Crippen molar-refractivity contribution in [1.29, 1.82) is 0 Å². The molecule has 10 heavy (non-hydrogen) atoms. The summed E-state index contributed by atoms with van der Waals surface area (Å²) in [6.45, 7) is 7.57. The van der Waals surface area contributed by atoms with Crippen LogP contribution in [0.4, 0.5) is 0 Å². The lowest BCUT2D eigenvalue weighted by molar-refractivity contribution is 0.00881. The first-order valence-corrected chi connectivity index (χ1v) is 4.06. The zero-order valence-corrected chi connectivity index (χ0v) is 6.88. The summed E-state index contributed by atoms with van der Waals surface area (Å²) < 4.78 is 0. The lowest BCUT2D eigenvalue weighted by Crippen LogP contribution is -2.44. The van der Waals surface area contributed by atoms with Crippen LogP contribution in [0.25, 0.3) is 0 Å². The summed E-state index contributed by atoms with van der Waals surface area (Å²) in [5.74, 6) is 0. The highest BCUT2D eigenvalue weighted by Crippen LogP contribution is 2.12. The van der Waals surface area contributed by atoms with E-state index in [0.29, 0.717) is 0 Å². The van der Waals surface area contributed by atoms with Gasteiger partial charge in [0.15, 0.2) is 0 Å². The van der Waals surface area contributed by atoms with Crippen LogP contribution < -0.4 is 5.73 Å². The van der Waals surface area contributed by atoms with Crippen LogP contribution in [0.3, 0.4) is 0 Å². The van der Waals surface area contributed by atoms with Crippen molar-refractivity contribution in [3.63, 3.8) is 0 Å². The number of nitrogens with zero attached hydrogens (tertiary/aromatic N) is 2. The highest BCUT2D eigenvalue weighted by atomic mass is 15.7. The van der Waals surface area contributed by atoms with Gasteiger partial charge in [-0.2, -0.15) is 0 Å². The molecule has 1 heterocycles. The Morgan fingerprint density at radius 3 is 2.50 bits per heavy atom. The van der Waals surface area contributed by atoms with Crippen molar-refractivity contribution in [1.82, 2.24) is 10.0 Å². The van der Waals surface area contributed by atoms with Crippen LogP contribution >= 0.6 is 0 Å². The van der Waals surface area contributed by atoms with Gasteiger partial charge >= 0.3 is 0 Å². The van der Waals surface area contributed by atoms with Crippen molar-refractivity contribution >= 4 is 0 Å². The first kappa shape index (κ1) is 7.98. The van der Waals surface area contributed by atoms with E-state index in [0.717, 1.165) is 26.1 Å². The predicted molar refractivity (Wildman–Crippen MR) is 42.2 cm³/mol. The van der Waals surface area contributed by atoms with E-state index >= 15 is 0 Å². The molecule has 0 aromatic heterocycles. The number of hydrogen-bond acceptors (Lipinski definition) is 3. The van der Waals surface area contributed by atoms with Gasteiger partial charge in [-0.1, -0.05) is 13.8 Å². The van der Waals surface area contributed by atoms with Crippen molar-refractivity contribution in [3.8, 4) is 0 Å². The molecule has 0 saturated carbocycles. The summed E-state index contributed by atoms with van der Waals surface area (Å²) >= 11 is 0. The van der Waals surface area contributed by atoms with Crippen molar-refractivity contribution in [3.05, 3.63) is 0 Å². The second-order valence-electron chi connectivity index (χ2n) is 2.66. The molecule has 0 spiro atoms. The molecule has 3 heteroatoms. The van der Waals surface area contributed by atoms with Crippen LogP contribution in [-0.4, -0.2) is 35.8 Å². The number of hydrazine groups is 1. The summed E-state index contributed by atoms with van der Waals surface area (Å²) in [6.07, 6.45) is 1.38. The molecule has 2 N–H and O–H groups in total. The van der Waals surface area contributed by atoms with Gasteiger partial charge in [0.05, 0.1) is 6.17 Å². The normalized spacial score (nSPS) is 29.7. The van der Waals surface area contributed by atoms with Gasteiger partial charge in [0.1, 0.15) is 0 Å². The maximum atomic E-state index is 5.84. The minimum absolute atomic E-state index is 0.268. The van der Waals surface area contributed by atoms with E-state index in [4.69, 9.17) is 5.73 Å². The third kappa shape index (κ3) is 1.31. The first-order valence-electron chi connectivity index (χ1n) is 4.06. The van der Waals surface area contributed by atoms with Crippen molar-refractivity contribution < 1.29 is 0 Å².